The van der Waals surface area contributed by atoms with Gasteiger partial charge in [0.1, 0.15) is 24.0 Å². The van der Waals surface area contributed by atoms with Gasteiger partial charge in [0.25, 0.3) is 0 Å². The number of amides is 2. The van der Waals surface area contributed by atoms with Gasteiger partial charge in [-0.3, -0.25) is 9.59 Å². The highest BCUT2D eigenvalue weighted by atomic mass is 32.1. The molecule has 2 amide bonds. The number of nitriles is 1. The molecule has 0 aliphatic heterocycles. The van der Waals surface area contributed by atoms with Crippen molar-refractivity contribution in [3.8, 4) is 22.3 Å². The zero-order valence-corrected chi connectivity index (χ0v) is 22.5. The zero-order chi connectivity index (χ0) is 27.0. The van der Waals surface area contributed by atoms with Crippen LogP contribution in [0.3, 0.4) is 0 Å². The minimum absolute atomic E-state index is 0.177. The third-order valence-corrected chi connectivity index (χ3v) is 6.90. The van der Waals surface area contributed by atoms with Crippen LogP contribution < -0.4 is 15.4 Å². The molecule has 8 nitrogen and oxygen atoms in total. The van der Waals surface area contributed by atoms with Gasteiger partial charge in [-0.2, -0.15) is 5.26 Å². The quantitative estimate of drug-likeness (QED) is 0.411. The Morgan fingerprint density at radius 1 is 1.27 bits per heavy atom. The van der Waals surface area contributed by atoms with Gasteiger partial charge in [-0.05, 0) is 30.4 Å². The molecule has 0 saturated heterocycles. The van der Waals surface area contributed by atoms with E-state index in [-0.39, 0.29) is 16.7 Å². The average molecular weight is 523 g/mol. The van der Waals surface area contributed by atoms with Gasteiger partial charge in [0.2, 0.25) is 11.8 Å². The molecule has 0 spiro atoms. The predicted molar refractivity (Wildman–Crippen MR) is 145 cm³/mol. The highest BCUT2D eigenvalue weighted by Gasteiger charge is 2.32. The Hall–Kier alpha value is -3.48. The first-order valence-electron chi connectivity index (χ1n) is 12.4. The van der Waals surface area contributed by atoms with Gasteiger partial charge in [-0.25, -0.2) is 4.98 Å². The molecule has 37 heavy (non-hydrogen) atoms. The predicted octanol–water partition coefficient (Wildman–Crippen LogP) is 4.82. The van der Waals surface area contributed by atoms with Crippen LogP contribution in [0.5, 0.6) is 5.75 Å². The fraction of sp³-hybridized carbons (Fsp3) is 0.429. The molecule has 1 aromatic heterocycles. The molecule has 2 aromatic rings. The number of aliphatic hydroxyl groups excluding tert-OH is 1. The Morgan fingerprint density at radius 3 is 2.68 bits per heavy atom. The van der Waals surface area contributed by atoms with E-state index in [2.05, 4.69) is 33.8 Å². The number of allylic oxidation sites excluding steroid dienone is 3. The third kappa shape index (κ3) is 7.51. The maximum Gasteiger partial charge on any atom is 0.250 e. The topological polar surface area (TPSA) is 124 Å². The summed E-state index contributed by atoms with van der Waals surface area (Å²) < 4.78 is 6.11. The van der Waals surface area contributed by atoms with E-state index in [1.165, 1.54) is 11.3 Å². The van der Waals surface area contributed by atoms with Gasteiger partial charge < -0.3 is 20.5 Å². The number of nitrogens with one attached hydrogen (secondary N) is 2. The van der Waals surface area contributed by atoms with Crippen LogP contribution in [0.1, 0.15) is 52.7 Å². The number of carbonyl (C=O) groups excluding carboxylic acids is 2. The molecule has 1 unspecified atom stereocenters. The molecular weight excluding hydrogens is 488 g/mol. The van der Waals surface area contributed by atoms with Crippen LogP contribution in [-0.4, -0.2) is 40.7 Å². The second-order valence-corrected chi connectivity index (χ2v) is 11.0. The lowest BCUT2D eigenvalue weighted by molar-refractivity contribution is -0.137. The first-order chi connectivity index (χ1) is 17.6. The summed E-state index contributed by atoms with van der Waals surface area (Å²) in [6.45, 7) is 7.64. The number of para-hydroxylation sites is 1. The number of aliphatic hydroxyl groups is 1. The standard InChI is InChI=1S/C28H34N4O4S/c1-5-11-20(30-26(35)24(33)28(2,3)4)25(34)32-27-31-21(16-29)23(37-27)19-14-9-10-15-22(19)36-17-18-12-7-6-8-13-18/h6-10,12,14-15,18,20,24,33H,5,11,13,17H2,1-4H3,(H,30,35)(H,31,32,34)/t18?,20-,24+/m0/s1. The number of nitrogens with zero attached hydrogens (tertiary/aromatic N) is 2. The highest BCUT2D eigenvalue weighted by molar-refractivity contribution is 7.19. The largest absolute Gasteiger partial charge is 0.492 e. The number of hydrogen-bond donors (Lipinski definition) is 3. The number of hydrogen-bond acceptors (Lipinski definition) is 7. The van der Waals surface area contributed by atoms with Crippen molar-refractivity contribution in [2.24, 2.45) is 11.3 Å². The van der Waals surface area contributed by atoms with Gasteiger partial charge in [-0.15, -0.1) is 0 Å². The van der Waals surface area contributed by atoms with Crippen LogP contribution in [0.25, 0.3) is 10.4 Å². The molecule has 0 fully saturated rings. The average Bonchev–Trinajstić information content (AvgIpc) is 3.29. The maximum absolute atomic E-state index is 13.0. The van der Waals surface area contributed by atoms with E-state index in [9.17, 15) is 20.0 Å². The Labute approximate surface area is 222 Å². The molecule has 0 bridgehead atoms. The number of carbonyl (C=O) groups is 2. The Morgan fingerprint density at radius 2 is 2.03 bits per heavy atom. The molecule has 1 aliphatic carbocycles. The fourth-order valence-corrected chi connectivity index (χ4v) is 4.71. The minimum atomic E-state index is -1.26. The summed E-state index contributed by atoms with van der Waals surface area (Å²) in [4.78, 5) is 30.5. The van der Waals surface area contributed by atoms with Crippen LogP contribution in [0.2, 0.25) is 0 Å². The number of aromatic nitrogens is 1. The van der Waals surface area contributed by atoms with Crippen LogP contribution >= 0.6 is 11.3 Å². The lowest BCUT2D eigenvalue weighted by Crippen LogP contribution is -2.50. The van der Waals surface area contributed by atoms with E-state index in [0.717, 1.165) is 12.0 Å². The zero-order valence-electron chi connectivity index (χ0n) is 21.7. The number of benzene rings is 1. The number of thiazole rings is 1. The highest BCUT2D eigenvalue weighted by Crippen LogP contribution is 2.38. The van der Waals surface area contributed by atoms with Gasteiger partial charge >= 0.3 is 0 Å². The van der Waals surface area contributed by atoms with E-state index >= 15 is 0 Å². The van der Waals surface area contributed by atoms with Crippen LogP contribution in [0.15, 0.2) is 48.6 Å². The summed E-state index contributed by atoms with van der Waals surface area (Å²) in [5.74, 6) is -0.154. The van der Waals surface area contributed by atoms with Crippen LogP contribution in [0, 0.1) is 22.7 Å². The number of anilines is 1. The van der Waals surface area contributed by atoms with E-state index in [1.807, 2.05) is 43.3 Å². The molecule has 0 saturated carbocycles. The van der Waals surface area contributed by atoms with Crippen molar-refractivity contribution < 1.29 is 19.4 Å². The van der Waals surface area contributed by atoms with Gasteiger partial charge in [0, 0.05) is 11.5 Å². The molecule has 3 rings (SSSR count). The number of rotatable bonds is 10. The SMILES string of the molecule is CCC[C@H](NC(=O)[C@@H](O)C(C)(C)C)C(=O)Nc1nc(C#N)c(-c2ccccc2OCC2C=CC=CC2)s1. The summed E-state index contributed by atoms with van der Waals surface area (Å²) >= 11 is 1.17. The Balaban J connectivity index is 1.77. The van der Waals surface area contributed by atoms with E-state index in [1.54, 1.807) is 20.8 Å². The molecule has 0 radical (unpaired) electrons. The Kier molecular flexibility index (Phi) is 9.61. The summed E-state index contributed by atoms with van der Waals surface area (Å²) in [6.07, 6.45) is 8.91. The Bertz CT molecular complexity index is 1210. The van der Waals surface area contributed by atoms with Crippen LogP contribution in [-0.2, 0) is 9.59 Å². The second-order valence-electron chi connectivity index (χ2n) is 10.0. The van der Waals surface area contributed by atoms with E-state index < -0.39 is 29.4 Å². The lowest BCUT2D eigenvalue weighted by Gasteiger charge is -2.26. The maximum atomic E-state index is 13.0. The molecule has 196 valence electrons. The first kappa shape index (κ1) is 28.1. The van der Waals surface area contributed by atoms with Crippen LogP contribution in [0.4, 0.5) is 5.13 Å². The van der Waals surface area contributed by atoms with Crippen molar-refractivity contribution in [1.82, 2.24) is 10.3 Å². The molecule has 9 heteroatoms. The molecule has 3 atom stereocenters. The summed E-state index contributed by atoms with van der Waals surface area (Å²) in [7, 11) is 0. The number of ether oxygens (including phenoxy) is 1. The van der Waals surface area contributed by atoms with Crippen molar-refractivity contribution in [3.05, 3.63) is 54.3 Å². The molecule has 3 N–H and O–H groups in total. The first-order valence-corrected chi connectivity index (χ1v) is 13.2. The molecule has 1 aromatic carbocycles. The smallest absolute Gasteiger partial charge is 0.250 e. The molecule has 1 heterocycles. The van der Waals surface area contributed by atoms with Crippen molar-refractivity contribution in [2.45, 2.75) is 59.1 Å². The van der Waals surface area contributed by atoms with Crippen molar-refractivity contribution in [2.75, 3.05) is 11.9 Å². The van der Waals surface area contributed by atoms with Crippen molar-refractivity contribution in [1.29, 1.82) is 5.26 Å². The summed E-state index contributed by atoms with van der Waals surface area (Å²) in [5.41, 5.74) is 0.234. The second kappa shape index (κ2) is 12.7. The van der Waals surface area contributed by atoms with Crippen molar-refractivity contribution >= 4 is 28.3 Å². The van der Waals surface area contributed by atoms with Crippen molar-refractivity contribution in [3.63, 3.8) is 0 Å². The minimum Gasteiger partial charge on any atom is -0.492 e. The van der Waals surface area contributed by atoms with E-state index in [4.69, 9.17) is 4.74 Å². The third-order valence-electron chi connectivity index (χ3n) is 5.90. The molecule has 1 aliphatic rings. The summed E-state index contributed by atoms with van der Waals surface area (Å²) in [6, 6.07) is 8.70. The lowest BCUT2D eigenvalue weighted by atomic mass is 9.88. The van der Waals surface area contributed by atoms with Gasteiger partial charge in [-0.1, -0.05) is 81.9 Å². The van der Waals surface area contributed by atoms with E-state index in [0.29, 0.717) is 30.1 Å². The van der Waals surface area contributed by atoms with Gasteiger partial charge in [0.15, 0.2) is 10.8 Å². The van der Waals surface area contributed by atoms with Gasteiger partial charge in [0.05, 0.1) is 11.5 Å². The normalized spacial score (nSPS) is 16.5. The fourth-order valence-electron chi connectivity index (χ4n) is 3.76. The summed E-state index contributed by atoms with van der Waals surface area (Å²) in [5, 5.41) is 25.7. The molecular formula is C28H34N4O4S. The monoisotopic (exact) mass is 522 g/mol.